The molecule has 0 radical (unpaired) electrons. The summed E-state index contributed by atoms with van der Waals surface area (Å²) in [4.78, 5) is 21.3. The highest BCUT2D eigenvalue weighted by Crippen LogP contribution is 2.08. The molecule has 78 valence electrons. The van der Waals surface area contributed by atoms with Gasteiger partial charge >= 0.3 is 11.9 Å². The summed E-state index contributed by atoms with van der Waals surface area (Å²) >= 11 is 0. The molecule has 1 aromatic rings. The molecular formula is C11H10O4. The summed E-state index contributed by atoms with van der Waals surface area (Å²) in [5, 5.41) is 8.74. The fraction of sp³-hybridized carbons (Fsp3) is 0.0909. The summed E-state index contributed by atoms with van der Waals surface area (Å²) < 4.78 is 4.54. The fourth-order valence-corrected chi connectivity index (χ4v) is 0.990. The molecular weight excluding hydrogens is 196 g/mol. The van der Waals surface area contributed by atoms with Crippen LogP contribution in [0.3, 0.4) is 0 Å². The van der Waals surface area contributed by atoms with Gasteiger partial charge in [-0.3, -0.25) is 4.79 Å². The number of hydrogen-bond acceptors (Lipinski definition) is 3. The molecule has 0 amide bonds. The molecule has 0 saturated heterocycles. The lowest BCUT2D eigenvalue weighted by molar-refractivity contribution is -0.146. The van der Waals surface area contributed by atoms with Gasteiger partial charge in [0.2, 0.25) is 5.76 Å². The van der Waals surface area contributed by atoms with Crippen LogP contribution in [0.15, 0.2) is 36.1 Å². The maximum atomic E-state index is 10.7. The number of ether oxygens (including phenoxy) is 1. The molecule has 0 bridgehead atoms. The molecule has 1 rings (SSSR count). The van der Waals surface area contributed by atoms with Crippen LogP contribution in [0.4, 0.5) is 0 Å². The van der Waals surface area contributed by atoms with Gasteiger partial charge in [0.1, 0.15) is 0 Å². The number of carboxylic acids is 1. The number of benzene rings is 1. The molecule has 0 fully saturated rings. The van der Waals surface area contributed by atoms with Crippen molar-refractivity contribution >= 4 is 18.0 Å². The van der Waals surface area contributed by atoms with E-state index in [1.807, 2.05) is 6.07 Å². The van der Waals surface area contributed by atoms with E-state index in [-0.39, 0.29) is 5.76 Å². The zero-order valence-electron chi connectivity index (χ0n) is 8.14. The van der Waals surface area contributed by atoms with Crippen LogP contribution < -0.4 is 0 Å². The molecule has 0 aromatic heterocycles. The number of aliphatic carboxylic acids is 1. The van der Waals surface area contributed by atoms with Gasteiger partial charge in [0, 0.05) is 6.92 Å². The Kier molecular flexibility index (Phi) is 3.62. The van der Waals surface area contributed by atoms with Gasteiger partial charge in [-0.2, -0.15) is 0 Å². The molecule has 0 saturated carbocycles. The van der Waals surface area contributed by atoms with Crippen molar-refractivity contribution in [3.05, 3.63) is 41.7 Å². The van der Waals surface area contributed by atoms with Crippen LogP contribution in [-0.2, 0) is 14.3 Å². The second-order valence-electron chi connectivity index (χ2n) is 2.82. The molecule has 1 N–H and O–H groups in total. The topological polar surface area (TPSA) is 63.6 Å². The summed E-state index contributed by atoms with van der Waals surface area (Å²) in [7, 11) is 0. The average molecular weight is 206 g/mol. The van der Waals surface area contributed by atoms with E-state index in [4.69, 9.17) is 5.11 Å². The van der Waals surface area contributed by atoms with E-state index in [1.165, 1.54) is 6.08 Å². The zero-order chi connectivity index (χ0) is 11.3. The Morgan fingerprint density at radius 1 is 1.27 bits per heavy atom. The SMILES string of the molecule is CC(=O)OC(=Cc1ccccc1)C(=O)O. The van der Waals surface area contributed by atoms with Crippen molar-refractivity contribution in [3.63, 3.8) is 0 Å². The Hall–Kier alpha value is -2.10. The van der Waals surface area contributed by atoms with Gasteiger partial charge in [-0.15, -0.1) is 0 Å². The highest BCUT2D eigenvalue weighted by atomic mass is 16.6. The van der Waals surface area contributed by atoms with Crippen molar-refractivity contribution in [1.29, 1.82) is 0 Å². The minimum Gasteiger partial charge on any atom is -0.475 e. The third kappa shape index (κ3) is 3.64. The molecule has 4 heteroatoms. The van der Waals surface area contributed by atoms with Crippen LogP contribution in [0.5, 0.6) is 0 Å². The molecule has 0 aliphatic heterocycles. The van der Waals surface area contributed by atoms with Gasteiger partial charge < -0.3 is 9.84 Å². The lowest BCUT2D eigenvalue weighted by Gasteiger charge is -2.01. The van der Waals surface area contributed by atoms with Gasteiger partial charge in [-0.05, 0) is 11.6 Å². The first kappa shape index (κ1) is 11.0. The summed E-state index contributed by atoms with van der Waals surface area (Å²) in [5.41, 5.74) is 0.663. The summed E-state index contributed by atoms with van der Waals surface area (Å²) in [5.74, 6) is -2.30. The van der Waals surface area contributed by atoms with E-state index in [0.717, 1.165) is 6.92 Å². The molecule has 1 aromatic carbocycles. The van der Waals surface area contributed by atoms with Gasteiger partial charge in [-0.1, -0.05) is 30.3 Å². The van der Waals surface area contributed by atoms with Crippen LogP contribution in [0.25, 0.3) is 6.08 Å². The largest absolute Gasteiger partial charge is 0.475 e. The predicted octanol–water partition coefficient (Wildman–Crippen LogP) is 1.68. The maximum Gasteiger partial charge on any atom is 0.371 e. The van der Waals surface area contributed by atoms with Gasteiger partial charge in [-0.25, -0.2) is 4.79 Å². The lowest BCUT2D eigenvalue weighted by atomic mass is 10.2. The van der Waals surface area contributed by atoms with E-state index in [9.17, 15) is 9.59 Å². The molecule has 0 atom stereocenters. The number of esters is 1. The molecule has 4 nitrogen and oxygen atoms in total. The van der Waals surface area contributed by atoms with Crippen LogP contribution in [-0.4, -0.2) is 17.0 Å². The summed E-state index contributed by atoms with van der Waals surface area (Å²) in [6.45, 7) is 1.15. The van der Waals surface area contributed by atoms with Crippen molar-refractivity contribution in [2.24, 2.45) is 0 Å². The first-order chi connectivity index (χ1) is 7.09. The van der Waals surface area contributed by atoms with Gasteiger partial charge in [0.25, 0.3) is 0 Å². The first-order valence-electron chi connectivity index (χ1n) is 4.28. The minimum absolute atomic E-state index is 0.381. The van der Waals surface area contributed by atoms with Crippen LogP contribution in [0.2, 0.25) is 0 Å². The summed E-state index contributed by atoms with van der Waals surface area (Å²) in [6, 6.07) is 8.76. The first-order valence-corrected chi connectivity index (χ1v) is 4.28. The molecule has 0 aliphatic carbocycles. The number of hydrogen-bond donors (Lipinski definition) is 1. The van der Waals surface area contributed by atoms with Gasteiger partial charge in [0.05, 0.1) is 0 Å². The van der Waals surface area contributed by atoms with E-state index in [1.54, 1.807) is 24.3 Å². The molecule has 0 aliphatic rings. The molecule has 15 heavy (non-hydrogen) atoms. The fourth-order valence-electron chi connectivity index (χ4n) is 0.990. The Balaban J connectivity index is 2.94. The van der Waals surface area contributed by atoms with Gasteiger partial charge in [0.15, 0.2) is 0 Å². The highest BCUT2D eigenvalue weighted by Gasteiger charge is 2.10. The van der Waals surface area contributed by atoms with Crippen molar-refractivity contribution in [2.45, 2.75) is 6.92 Å². The Labute approximate surface area is 86.8 Å². The van der Waals surface area contributed by atoms with Crippen molar-refractivity contribution in [3.8, 4) is 0 Å². The Bertz CT molecular complexity index is 392. The average Bonchev–Trinajstić information content (AvgIpc) is 2.17. The van der Waals surface area contributed by atoms with E-state index in [2.05, 4.69) is 4.74 Å². The van der Waals surface area contributed by atoms with Crippen molar-refractivity contribution in [2.75, 3.05) is 0 Å². The zero-order valence-corrected chi connectivity index (χ0v) is 8.14. The van der Waals surface area contributed by atoms with Crippen LogP contribution in [0, 0.1) is 0 Å². The third-order valence-corrected chi connectivity index (χ3v) is 1.56. The monoisotopic (exact) mass is 206 g/mol. The molecule has 0 spiro atoms. The highest BCUT2D eigenvalue weighted by molar-refractivity contribution is 5.92. The molecule has 0 unspecified atom stereocenters. The normalized spacial score (nSPS) is 10.9. The van der Waals surface area contributed by atoms with E-state index in [0.29, 0.717) is 5.56 Å². The van der Waals surface area contributed by atoms with Crippen LogP contribution in [0.1, 0.15) is 12.5 Å². The number of carbonyl (C=O) groups is 2. The summed E-state index contributed by atoms with van der Waals surface area (Å²) in [6.07, 6.45) is 1.30. The van der Waals surface area contributed by atoms with Crippen molar-refractivity contribution in [1.82, 2.24) is 0 Å². The van der Waals surface area contributed by atoms with Crippen LogP contribution >= 0.6 is 0 Å². The Morgan fingerprint density at radius 3 is 2.33 bits per heavy atom. The Morgan fingerprint density at radius 2 is 1.87 bits per heavy atom. The van der Waals surface area contributed by atoms with E-state index >= 15 is 0 Å². The third-order valence-electron chi connectivity index (χ3n) is 1.56. The number of rotatable bonds is 3. The maximum absolute atomic E-state index is 10.7. The van der Waals surface area contributed by atoms with E-state index < -0.39 is 11.9 Å². The number of carbonyl (C=O) groups excluding carboxylic acids is 1. The standard InChI is InChI=1S/C11H10O4/c1-8(12)15-10(11(13)14)7-9-5-3-2-4-6-9/h2-7H,1H3,(H,13,14). The second kappa shape index (κ2) is 4.95. The predicted molar refractivity (Wildman–Crippen MR) is 53.8 cm³/mol. The smallest absolute Gasteiger partial charge is 0.371 e. The quantitative estimate of drug-likeness (QED) is 0.464. The minimum atomic E-state index is -1.27. The number of carboxylic acid groups (broad SMARTS) is 1. The second-order valence-corrected chi connectivity index (χ2v) is 2.82. The lowest BCUT2D eigenvalue weighted by Crippen LogP contribution is -2.08. The molecule has 0 heterocycles. The van der Waals surface area contributed by atoms with Crippen molar-refractivity contribution < 1.29 is 19.4 Å².